The molecule has 0 radical (unpaired) electrons. The van der Waals surface area contributed by atoms with E-state index in [1.807, 2.05) is 12.2 Å². The standard InChI is InChI=1S/C8H10ClN/c1-5-3-4-7(9)6(2)8(5)10/h3-4,7-8H,1-2,10H2. The van der Waals surface area contributed by atoms with Crippen LogP contribution in [0.15, 0.2) is 36.5 Å². The van der Waals surface area contributed by atoms with Gasteiger partial charge in [0.1, 0.15) is 0 Å². The maximum absolute atomic E-state index is 5.82. The second kappa shape index (κ2) is 2.60. The Kier molecular flexibility index (Phi) is 1.97. The summed E-state index contributed by atoms with van der Waals surface area (Å²) in [4.78, 5) is 0. The summed E-state index contributed by atoms with van der Waals surface area (Å²) in [5, 5.41) is -0.125. The van der Waals surface area contributed by atoms with E-state index in [4.69, 9.17) is 17.3 Å². The summed E-state index contributed by atoms with van der Waals surface area (Å²) in [7, 11) is 0. The van der Waals surface area contributed by atoms with Crippen LogP contribution in [0.3, 0.4) is 0 Å². The van der Waals surface area contributed by atoms with Gasteiger partial charge in [0.2, 0.25) is 0 Å². The van der Waals surface area contributed by atoms with Gasteiger partial charge in [0.15, 0.2) is 0 Å². The molecule has 0 aliphatic heterocycles. The Labute approximate surface area is 65.9 Å². The predicted octanol–water partition coefficient (Wildman–Crippen LogP) is 1.60. The van der Waals surface area contributed by atoms with Crippen LogP contribution in [-0.4, -0.2) is 11.4 Å². The Morgan fingerprint density at radius 2 is 2.10 bits per heavy atom. The zero-order valence-corrected chi connectivity index (χ0v) is 6.43. The normalized spacial score (nSPS) is 33.0. The first-order valence-corrected chi connectivity index (χ1v) is 3.52. The van der Waals surface area contributed by atoms with Crippen molar-refractivity contribution in [2.24, 2.45) is 5.73 Å². The zero-order valence-electron chi connectivity index (χ0n) is 5.68. The molecule has 0 aromatic heterocycles. The fourth-order valence-corrected chi connectivity index (χ4v) is 1.05. The highest BCUT2D eigenvalue weighted by molar-refractivity contribution is 6.23. The molecule has 0 heterocycles. The number of halogens is 1. The molecule has 0 bridgehead atoms. The summed E-state index contributed by atoms with van der Waals surface area (Å²) in [6.45, 7) is 7.51. The molecule has 10 heavy (non-hydrogen) atoms. The molecule has 1 aliphatic carbocycles. The van der Waals surface area contributed by atoms with Crippen LogP contribution >= 0.6 is 11.6 Å². The molecule has 0 aromatic rings. The van der Waals surface area contributed by atoms with E-state index in [0.717, 1.165) is 11.1 Å². The molecule has 0 saturated heterocycles. The third-order valence-corrected chi connectivity index (χ3v) is 2.06. The number of allylic oxidation sites excluding steroid dienone is 1. The first kappa shape index (κ1) is 7.58. The Hall–Kier alpha value is -0.530. The van der Waals surface area contributed by atoms with Crippen molar-refractivity contribution in [3.8, 4) is 0 Å². The van der Waals surface area contributed by atoms with Crippen LogP contribution in [0.2, 0.25) is 0 Å². The summed E-state index contributed by atoms with van der Waals surface area (Å²) < 4.78 is 0. The van der Waals surface area contributed by atoms with Crippen LogP contribution in [0.1, 0.15) is 0 Å². The molecule has 1 aliphatic rings. The number of hydrogen-bond donors (Lipinski definition) is 1. The van der Waals surface area contributed by atoms with Crippen LogP contribution in [0, 0.1) is 0 Å². The van der Waals surface area contributed by atoms with Gasteiger partial charge in [0, 0.05) is 0 Å². The summed E-state index contributed by atoms with van der Waals surface area (Å²) in [5.41, 5.74) is 7.38. The van der Waals surface area contributed by atoms with Gasteiger partial charge in [-0.2, -0.15) is 0 Å². The van der Waals surface area contributed by atoms with Crippen molar-refractivity contribution in [1.29, 1.82) is 0 Å². The van der Waals surface area contributed by atoms with E-state index in [-0.39, 0.29) is 11.4 Å². The molecule has 2 atom stereocenters. The molecule has 0 fully saturated rings. The fourth-order valence-electron chi connectivity index (χ4n) is 0.845. The third-order valence-electron chi connectivity index (χ3n) is 1.63. The lowest BCUT2D eigenvalue weighted by Gasteiger charge is -2.22. The second-order valence-electron chi connectivity index (χ2n) is 2.39. The monoisotopic (exact) mass is 155 g/mol. The van der Waals surface area contributed by atoms with E-state index in [1.165, 1.54) is 0 Å². The summed E-state index contributed by atoms with van der Waals surface area (Å²) >= 11 is 5.82. The summed E-state index contributed by atoms with van der Waals surface area (Å²) in [6.07, 6.45) is 3.69. The van der Waals surface area contributed by atoms with Crippen molar-refractivity contribution in [3.05, 3.63) is 36.5 Å². The fraction of sp³-hybridized carbons (Fsp3) is 0.250. The highest BCUT2D eigenvalue weighted by Gasteiger charge is 2.18. The van der Waals surface area contributed by atoms with Crippen LogP contribution in [0.5, 0.6) is 0 Å². The SMILES string of the molecule is C=C1C=CC(Cl)C(=C)C1N. The molecule has 1 rings (SSSR count). The van der Waals surface area contributed by atoms with Crippen molar-refractivity contribution in [2.45, 2.75) is 11.4 Å². The molecule has 1 nitrogen and oxygen atoms in total. The van der Waals surface area contributed by atoms with Crippen LogP contribution in [0.25, 0.3) is 0 Å². The van der Waals surface area contributed by atoms with E-state index >= 15 is 0 Å². The molecular formula is C8H10ClN. The van der Waals surface area contributed by atoms with Crippen molar-refractivity contribution < 1.29 is 0 Å². The van der Waals surface area contributed by atoms with Gasteiger partial charge < -0.3 is 5.73 Å². The topological polar surface area (TPSA) is 26.0 Å². The zero-order chi connectivity index (χ0) is 7.72. The van der Waals surface area contributed by atoms with Gasteiger partial charge in [0.05, 0.1) is 11.4 Å². The Balaban J connectivity index is 2.89. The van der Waals surface area contributed by atoms with Gasteiger partial charge in [-0.25, -0.2) is 0 Å². The first-order chi connectivity index (χ1) is 4.63. The number of nitrogens with two attached hydrogens (primary N) is 1. The largest absolute Gasteiger partial charge is 0.321 e. The minimum absolute atomic E-state index is 0.125. The van der Waals surface area contributed by atoms with Crippen LogP contribution in [-0.2, 0) is 0 Å². The van der Waals surface area contributed by atoms with E-state index < -0.39 is 0 Å². The number of alkyl halides is 1. The van der Waals surface area contributed by atoms with E-state index in [1.54, 1.807) is 0 Å². The molecule has 2 N–H and O–H groups in total. The van der Waals surface area contributed by atoms with Crippen molar-refractivity contribution in [1.82, 2.24) is 0 Å². The minimum Gasteiger partial charge on any atom is -0.321 e. The maximum atomic E-state index is 5.82. The number of rotatable bonds is 0. The van der Waals surface area contributed by atoms with Gasteiger partial charge in [-0.1, -0.05) is 25.3 Å². The second-order valence-corrected chi connectivity index (χ2v) is 2.86. The van der Waals surface area contributed by atoms with Gasteiger partial charge in [-0.05, 0) is 11.1 Å². The summed E-state index contributed by atoms with van der Waals surface area (Å²) in [5.74, 6) is 0. The minimum atomic E-state index is -0.160. The molecule has 0 aromatic carbocycles. The quantitative estimate of drug-likeness (QED) is 0.418. The highest BCUT2D eigenvalue weighted by Crippen LogP contribution is 2.22. The molecule has 54 valence electrons. The molecular weight excluding hydrogens is 146 g/mol. The van der Waals surface area contributed by atoms with E-state index in [2.05, 4.69) is 13.2 Å². The van der Waals surface area contributed by atoms with E-state index in [0.29, 0.717) is 0 Å². The molecule has 0 saturated carbocycles. The molecule has 2 unspecified atom stereocenters. The summed E-state index contributed by atoms with van der Waals surface area (Å²) in [6, 6.07) is -0.160. The first-order valence-electron chi connectivity index (χ1n) is 3.08. The molecule has 0 amide bonds. The Morgan fingerprint density at radius 1 is 1.50 bits per heavy atom. The predicted molar refractivity (Wildman–Crippen MR) is 45.0 cm³/mol. The average Bonchev–Trinajstić information content (AvgIpc) is 1.93. The van der Waals surface area contributed by atoms with Crippen LogP contribution < -0.4 is 5.73 Å². The number of hydrogen-bond acceptors (Lipinski definition) is 1. The van der Waals surface area contributed by atoms with Crippen LogP contribution in [0.4, 0.5) is 0 Å². The lowest BCUT2D eigenvalue weighted by atomic mass is 9.94. The smallest absolute Gasteiger partial charge is 0.0744 e. The Morgan fingerprint density at radius 3 is 2.60 bits per heavy atom. The van der Waals surface area contributed by atoms with Gasteiger partial charge in [-0.15, -0.1) is 11.6 Å². The van der Waals surface area contributed by atoms with Gasteiger partial charge in [-0.3, -0.25) is 0 Å². The molecule has 2 heteroatoms. The van der Waals surface area contributed by atoms with Crippen molar-refractivity contribution in [3.63, 3.8) is 0 Å². The van der Waals surface area contributed by atoms with Gasteiger partial charge >= 0.3 is 0 Å². The van der Waals surface area contributed by atoms with Crippen molar-refractivity contribution in [2.75, 3.05) is 0 Å². The van der Waals surface area contributed by atoms with Gasteiger partial charge in [0.25, 0.3) is 0 Å². The third kappa shape index (κ3) is 1.15. The lowest BCUT2D eigenvalue weighted by molar-refractivity contribution is 0.869. The van der Waals surface area contributed by atoms with Crippen molar-refractivity contribution >= 4 is 11.6 Å². The molecule has 0 spiro atoms. The van der Waals surface area contributed by atoms with E-state index in [9.17, 15) is 0 Å². The maximum Gasteiger partial charge on any atom is 0.0744 e. The Bertz CT molecular complexity index is 205. The average molecular weight is 156 g/mol. The highest BCUT2D eigenvalue weighted by atomic mass is 35.5. The lowest BCUT2D eigenvalue weighted by Crippen LogP contribution is -2.30.